The minimum atomic E-state index is -0.127. The molecule has 1 aromatic carbocycles. The summed E-state index contributed by atoms with van der Waals surface area (Å²) in [6, 6.07) is 8.26. The molecule has 1 aliphatic rings. The predicted octanol–water partition coefficient (Wildman–Crippen LogP) is 3.35. The van der Waals surface area contributed by atoms with E-state index in [2.05, 4.69) is 10.6 Å². The Hall–Kier alpha value is -2.07. The molecule has 0 aliphatic carbocycles. The number of hydrogen-bond acceptors (Lipinski definition) is 3. The molecule has 0 radical (unpaired) electrons. The van der Waals surface area contributed by atoms with E-state index in [0.29, 0.717) is 6.04 Å². The highest BCUT2D eigenvalue weighted by atomic mass is 16.5. The number of allylic oxidation sites excluding steroid dienone is 3. The number of rotatable bonds is 5. The third-order valence-electron chi connectivity index (χ3n) is 3.30. The van der Waals surface area contributed by atoms with Crippen LogP contribution in [0.3, 0.4) is 0 Å². The van der Waals surface area contributed by atoms with Gasteiger partial charge >= 0.3 is 0 Å². The Bertz CT molecular complexity index is 500. The SMILES string of the molecule is C/C=C/C=C/C(=O)Nc1ccc(NC2CCOCC2)cc1. The summed E-state index contributed by atoms with van der Waals surface area (Å²) < 4.78 is 5.34. The van der Waals surface area contributed by atoms with Gasteiger partial charge in [0, 0.05) is 36.7 Å². The van der Waals surface area contributed by atoms with E-state index in [4.69, 9.17) is 4.74 Å². The molecule has 0 saturated carbocycles. The van der Waals surface area contributed by atoms with Crippen LogP contribution < -0.4 is 10.6 Å². The summed E-state index contributed by atoms with van der Waals surface area (Å²) in [5.74, 6) is -0.127. The third-order valence-corrected chi connectivity index (χ3v) is 3.30. The second-order valence-corrected chi connectivity index (χ2v) is 4.98. The average Bonchev–Trinajstić information content (AvgIpc) is 2.51. The summed E-state index contributed by atoms with van der Waals surface area (Å²) in [4.78, 5) is 11.6. The summed E-state index contributed by atoms with van der Waals surface area (Å²) in [6.45, 7) is 3.56. The quantitative estimate of drug-likeness (QED) is 0.644. The van der Waals surface area contributed by atoms with Crippen LogP contribution in [0.4, 0.5) is 11.4 Å². The number of nitrogens with one attached hydrogen (secondary N) is 2. The van der Waals surface area contributed by atoms with Crippen LogP contribution in [-0.2, 0) is 9.53 Å². The molecule has 0 spiro atoms. The van der Waals surface area contributed by atoms with Crippen LogP contribution in [0.25, 0.3) is 0 Å². The summed E-state index contributed by atoms with van der Waals surface area (Å²) in [7, 11) is 0. The monoisotopic (exact) mass is 286 g/mol. The Labute approximate surface area is 125 Å². The number of amides is 1. The fraction of sp³-hybridized carbons (Fsp3) is 0.353. The Morgan fingerprint density at radius 3 is 2.48 bits per heavy atom. The second kappa shape index (κ2) is 8.27. The molecule has 21 heavy (non-hydrogen) atoms. The van der Waals surface area contributed by atoms with Gasteiger partial charge in [0.1, 0.15) is 0 Å². The van der Waals surface area contributed by atoms with E-state index in [1.807, 2.05) is 43.3 Å². The molecule has 112 valence electrons. The number of ether oxygens (including phenoxy) is 1. The lowest BCUT2D eigenvalue weighted by atomic mass is 10.1. The molecular formula is C17H22N2O2. The minimum Gasteiger partial charge on any atom is -0.382 e. The Kier molecular flexibility index (Phi) is 6.03. The van der Waals surface area contributed by atoms with Crippen molar-refractivity contribution in [3.8, 4) is 0 Å². The van der Waals surface area contributed by atoms with Crippen LogP contribution in [0.2, 0.25) is 0 Å². The van der Waals surface area contributed by atoms with E-state index >= 15 is 0 Å². The van der Waals surface area contributed by atoms with Crippen molar-refractivity contribution in [1.82, 2.24) is 0 Å². The van der Waals surface area contributed by atoms with Gasteiger partial charge in [-0.05, 0) is 44.0 Å². The molecule has 2 rings (SSSR count). The van der Waals surface area contributed by atoms with Crippen LogP contribution in [0.15, 0.2) is 48.6 Å². The molecule has 0 bridgehead atoms. The highest BCUT2D eigenvalue weighted by Gasteiger charge is 2.12. The minimum absolute atomic E-state index is 0.127. The third kappa shape index (κ3) is 5.44. The molecule has 1 heterocycles. The molecule has 1 aliphatic heterocycles. The number of carbonyl (C=O) groups is 1. The fourth-order valence-electron chi connectivity index (χ4n) is 2.17. The molecule has 2 N–H and O–H groups in total. The lowest BCUT2D eigenvalue weighted by molar-refractivity contribution is -0.111. The summed E-state index contributed by atoms with van der Waals surface area (Å²) in [5.41, 5.74) is 1.87. The molecule has 1 saturated heterocycles. The van der Waals surface area contributed by atoms with Gasteiger partial charge in [-0.2, -0.15) is 0 Å². The standard InChI is InChI=1S/C17H22N2O2/c1-2-3-4-5-17(20)19-15-8-6-14(7-9-15)18-16-10-12-21-13-11-16/h2-9,16,18H,10-13H2,1H3,(H,19,20)/b3-2+,5-4+. The first-order valence-electron chi connectivity index (χ1n) is 7.32. The smallest absolute Gasteiger partial charge is 0.248 e. The normalized spacial score (nSPS) is 16.4. The van der Waals surface area contributed by atoms with Gasteiger partial charge in [0.2, 0.25) is 5.91 Å². The van der Waals surface area contributed by atoms with Crippen molar-refractivity contribution in [2.75, 3.05) is 23.8 Å². The number of benzene rings is 1. The zero-order valence-corrected chi connectivity index (χ0v) is 12.3. The molecule has 4 nitrogen and oxygen atoms in total. The average molecular weight is 286 g/mol. The highest BCUT2D eigenvalue weighted by molar-refractivity contribution is 5.99. The molecule has 4 heteroatoms. The lowest BCUT2D eigenvalue weighted by Crippen LogP contribution is -2.27. The molecule has 1 aromatic rings. The molecule has 1 fully saturated rings. The topological polar surface area (TPSA) is 50.4 Å². The van der Waals surface area contributed by atoms with Gasteiger partial charge in [-0.1, -0.05) is 18.2 Å². The van der Waals surface area contributed by atoms with Gasteiger partial charge in [0.05, 0.1) is 0 Å². The maximum atomic E-state index is 11.6. The molecule has 0 aromatic heterocycles. The number of anilines is 2. The largest absolute Gasteiger partial charge is 0.382 e. The summed E-state index contributed by atoms with van der Waals surface area (Å²) >= 11 is 0. The first-order chi connectivity index (χ1) is 10.3. The lowest BCUT2D eigenvalue weighted by Gasteiger charge is -2.24. The van der Waals surface area contributed by atoms with E-state index in [9.17, 15) is 4.79 Å². The van der Waals surface area contributed by atoms with Crippen LogP contribution in [-0.4, -0.2) is 25.2 Å². The van der Waals surface area contributed by atoms with Crippen molar-refractivity contribution in [1.29, 1.82) is 0 Å². The van der Waals surface area contributed by atoms with Gasteiger partial charge in [-0.25, -0.2) is 0 Å². The number of carbonyl (C=O) groups excluding carboxylic acids is 1. The highest BCUT2D eigenvalue weighted by Crippen LogP contribution is 2.17. The van der Waals surface area contributed by atoms with Crippen molar-refractivity contribution in [2.45, 2.75) is 25.8 Å². The first kappa shape index (κ1) is 15.3. The van der Waals surface area contributed by atoms with E-state index in [-0.39, 0.29) is 5.91 Å². The number of hydrogen-bond donors (Lipinski definition) is 2. The molecule has 1 amide bonds. The molecule has 0 unspecified atom stereocenters. The van der Waals surface area contributed by atoms with Crippen LogP contribution >= 0.6 is 0 Å². The van der Waals surface area contributed by atoms with Crippen LogP contribution in [0, 0.1) is 0 Å². The van der Waals surface area contributed by atoms with Crippen molar-refractivity contribution in [3.05, 3.63) is 48.6 Å². The maximum Gasteiger partial charge on any atom is 0.248 e. The van der Waals surface area contributed by atoms with E-state index in [1.54, 1.807) is 6.08 Å². The van der Waals surface area contributed by atoms with E-state index in [0.717, 1.165) is 37.4 Å². The molecular weight excluding hydrogens is 264 g/mol. The van der Waals surface area contributed by atoms with Crippen molar-refractivity contribution < 1.29 is 9.53 Å². The zero-order valence-electron chi connectivity index (χ0n) is 12.3. The van der Waals surface area contributed by atoms with E-state index in [1.165, 1.54) is 6.08 Å². The van der Waals surface area contributed by atoms with Gasteiger partial charge in [0.25, 0.3) is 0 Å². The Balaban J connectivity index is 1.85. The Morgan fingerprint density at radius 2 is 1.81 bits per heavy atom. The van der Waals surface area contributed by atoms with Crippen LogP contribution in [0.1, 0.15) is 19.8 Å². The van der Waals surface area contributed by atoms with Crippen LogP contribution in [0.5, 0.6) is 0 Å². The zero-order chi connectivity index (χ0) is 14.9. The van der Waals surface area contributed by atoms with Crippen molar-refractivity contribution in [2.24, 2.45) is 0 Å². The molecule has 0 atom stereocenters. The second-order valence-electron chi connectivity index (χ2n) is 4.98. The van der Waals surface area contributed by atoms with Gasteiger partial charge in [-0.3, -0.25) is 4.79 Å². The predicted molar refractivity (Wildman–Crippen MR) is 86.5 cm³/mol. The first-order valence-corrected chi connectivity index (χ1v) is 7.32. The summed E-state index contributed by atoms with van der Waals surface area (Å²) in [5, 5.41) is 6.31. The Morgan fingerprint density at radius 1 is 1.14 bits per heavy atom. The van der Waals surface area contributed by atoms with E-state index < -0.39 is 0 Å². The fourth-order valence-corrected chi connectivity index (χ4v) is 2.17. The maximum absolute atomic E-state index is 11.6. The van der Waals surface area contributed by atoms with Gasteiger partial charge < -0.3 is 15.4 Å². The van der Waals surface area contributed by atoms with Gasteiger partial charge in [-0.15, -0.1) is 0 Å². The summed E-state index contributed by atoms with van der Waals surface area (Å²) in [6.07, 6.45) is 8.99. The van der Waals surface area contributed by atoms with Crippen molar-refractivity contribution >= 4 is 17.3 Å². The van der Waals surface area contributed by atoms with Gasteiger partial charge in [0.15, 0.2) is 0 Å². The van der Waals surface area contributed by atoms with Crippen molar-refractivity contribution in [3.63, 3.8) is 0 Å².